The molecular weight excluding hydrogens is 378 g/mol. The van der Waals surface area contributed by atoms with Crippen LogP contribution < -0.4 is 15.4 Å². The Hall–Kier alpha value is -4.26. The van der Waals surface area contributed by atoms with E-state index < -0.39 is 0 Å². The molecule has 0 aliphatic carbocycles. The molecular formula is C23H19N5O2. The lowest BCUT2D eigenvalue weighted by atomic mass is 10.2. The number of anilines is 2. The number of ether oxygens (including phenoxy) is 1. The molecule has 0 bridgehead atoms. The number of nitrogens with zero attached hydrogens (tertiary/aromatic N) is 3. The molecule has 0 radical (unpaired) electrons. The molecule has 0 atom stereocenters. The van der Waals surface area contributed by atoms with Gasteiger partial charge in [-0.25, -0.2) is 9.97 Å². The number of nitrogens with one attached hydrogen (secondary N) is 2. The van der Waals surface area contributed by atoms with Gasteiger partial charge >= 0.3 is 0 Å². The van der Waals surface area contributed by atoms with E-state index in [-0.39, 0.29) is 11.8 Å². The van der Waals surface area contributed by atoms with Crippen LogP contribution in [-0.4, -0.2) is 20.9 Å². The summed E-state index contributed by atoms with van der Waals surface area (Å²) in [7, 11) is 0. The number of hydrogen-bond donors (Lipinski definition) is 2. The average molecular weight is 397 g/mol. The molecule has 0 saturated heterocycles. The van der Waals surface area contributed by atoms with E-state index >= 15 is 0 Å². The van der Waals surface area contributed by atoms with Crippen molar-refractivity contribution in [1.82, 2.24) is 20.3 Å². The van der Waals surface area contributed by atoms with E-state index in [0.29, 0.717) is 17.9 Å². The van der Waals surface area contributed by atoms with Crippen molar-refractivity contribution in [2.75, 3.05) is 5.32 Å². The topological polar surface area (TPSA) is 89.0 Å². The van der Waals surface area contributed by atoms with E-state index in [4.69, 9.17) is 4.74 Å². The third-order valence-electron chi connectivity index (χ3n) is 4.20. The van der Waals surface area contributed by atoms with Crippen molar-refractivity contribution in [2.24, 2.45) is 0 Å². The van der Waals surface area contributed by atoms with Crippen LogP contribution in [0.4, 0.5) is 11.5 Å². The van der Waals surface area contributed by atoms with Crippen LogP contribution in [-0.2, 0) is 6.54 Å². The molecule has 1 amide bonds. The Labute approximate surface area is 173 Å². The number of aromatic nitrogens is 3. The van der Waals surface area contributed by atoms with E-state index in [9.17, 15) is 4.79 Å². The maximum absolute atomic E-state index is 12.6. The molecule has 3 aromatic heterocycles. The van der Waals surface area contributed by atoms with Crippen molar-refractivity contribution in [2.45, 2.75) is 6.54 Å². The standard InChI is InChI=1S/C23H19N5O2/c29-22(27-16-17-5-3-12-24-15-17)20-6-4-14-26-23(20)30-19-10-8-18(9-11-19)28-21-7-1-2-13-25-21/h1-15H,16H2,(H,25,28)(H,27,29). The summed E-state index contributed by atoms with van der Waals surface area (Å²) in [6.45, 7) is 0.370. The van der Waals surface area contributed by atoms with E-state index in [2.05, 4.69) is 25.6 Å². The average Bonchev–Trinajstić information content (AvgIpc) is 2.80. The Bertz CT molecular complexity index is 1100. The van der Waals surface area contributed by atoms with Gasteiger partial charge in [-0.05, 0) is 60.2 Å². The number of pyridine rings is 3. The Kier molecular flexibility index (Phi) is 5.91. The second-order valence-electron chi connectivity index (χ2n) is 6.37. The Morgan fingerprint density at radius 3 is 2.47 bits per heavy atom. The smallest absolute Gasteiger partial charge is 0.257 e. The van der Waals surface area contributed by atoms with Gasteiger partial charge in [-0.15, -0.1) is 0 Å². The van der Waals surface area contributed by atoms with Gasteiger partial charge in [0.25, 0.3) is 5.91 Å². The highest BCUT2D eigenvalue weighted by molar-refractivity contribution is 5.96. The van der Waals surface area contributed by atoms with Crippen molar-refractivity contribution in [3.63, 3.8) is 0 Å². The fourth-order valence-corrected chi connectivity index (χ4v) is 2.73. The molecule has 0 saturated carbocycles. The van der Waals surface area contributed by atoms with Crippen molar-refractivity contribution >= 4 is 17.4 Å². The number of hydrogen-bond acceptors (Lipinski definition) is 6. The fraction of sp³-hybridized carbons (Fsp3) is 0.0435. The Morgan fingerprint density at radius 2 is 1.70 bits per heavy atom. The molecule has 0 spiro atoms. The highest BCUT2D eigenvalue weighted by Crippen LogP contribution is 2.25. The van der Waals surface area contributed by atoms with E-state index in [1.807, 2.05) is 42.5 Å². The van der Waals surface area contributed by atoms with E-state index in [0.717, 1.165) is 17.1 Å². The monoisotopic (exact) mass is 397 g/mol. The van der Waals surface area contributed by atoms with Gasteiger partial charge in [0.2, 0.25) is 5.88 Å². The number of benzene rings is 1. The van der Waals surface area contributed by atoms with Gasteiger partial charge in [0.05, 0.1) is 0 Å². The van der Waals surface area contributed by atoms with Crippen LogP contribution >= 0.6 is 0 Å². The van der Waals surface area contributed by atoms with E-state index in [1.165, 1.54) is 0 Å². The fourth-order valence-electron chi connectivity index (χ4n) is 2.73. The van der Waals surface area contributed by atoms with Crippen molar-refractivity contribution < 1.29 is 9.53 Å². The zero-order valence-electron chi connectivity index (χ0n) is 16.0. The first-order valence-corrected chi connectivity index (χ1v) is 9.36. The molecule has 4 aromatic rings. The molecule has 0 fully saturated rings. The SMILES string of the molecule is O=C(NCc1cccnc1)c1cccnc1Oc1ccc(Nc2ccccn2)cc1. The van der Waals surface area contributed by atoms with Crippen molar-refractivity contribution in [1.29, 1.82) is 0 Å². The van der Waals surface area contributed by atoms with Crippen LogP contribution in [0.5, 0.6) is 11.6 Å². The van der Waals surface area contributed by atoms with Crippen molar-refractivity contribution in [3.05, 3.63) is 103 Å². The van der Waals surface area contributed by atoms with Gasteiger partial charge in [-0.2, -0.15) is 0 Å². The summed E-state index contributed by atoms with van der Waals surface area (Å²) in [5.74, 6) is 1.30. The molecule has 0 aliphatic rings. The summed E-state index contributed by atoms with van der Waals surface area (Å²) in [6.07, 6.45) is 6.71. The van der Waals surface area contributed by atoms with Crippen LogP contribution in [0.2, 0.25) is 0 Å². The van der Waals surface area contributed by atoms with Gasteiger partial charge in [0.1, 0.15) is 17.1 Å². The summed E-state index contributed by atoms with van der Waals surface area (Å²) in [5, 5.41) is 6.07. The van der Waals surface area contributed by atoms with Gasteiger partial charge in [-0.1, -0.05) is 12.1 Å². The minimum atomic E-state index is -0.268. The lowest BCUT2D eigenvalue weighted by Crippen LogP contribution is -2.23. The van der Waals surface area contributed by atoms with Gasteiger partial charge in [0, 0.05) is 37.0 Å². The lowest BCUT2D eigenvalue weighted by Gasteiger charge is -2.11. The van der Waals surface area contributed by atoms with Crippen molar-refractivity contribution in [3.8, 4) is 11.6 Å². The van der Waals surface area contributed by atoms with Gasteiger partial charge < -0.3 is 15.4 Å². The molecule has 7 heteroatoms. The van der Waals surface area contributed by atoms with Crippen LogP contribution in [0.15, 0.2) is 91.5 Å². The summed E-state index contributed by atoms with van der Waals surface area (Å²) >= 11 is 0. The Morgan fingerprint density at radius 1 is 0.867 bits per heavy atom. The third kappa shape index (κ3) is 4.96. The number of carbonyl (C=O) groups is 1. The molecule has 2 N–H and O–H groups in total. The second kappa shape index (κ2) is 9.29. The molecule has 0 aliphatic heterocycles. The minimum Gasteiger partial charge on any atom is -0.438 e. The maximum Gasteiger partial charge on any atom is 0.257 e. The minimum absolute atomic E-state index is 0.242. The first kappa shape index (κ1) is 19.1. The third-order valence-corrected chi connectivity index (χ3v) is 4.20. The summed E-state index contributed by atoms with van der Waals surface area (Å²) in [6, 6.07) is 20.1. The zero-order chi connectivity index (χ0) is 20.6. The zero-order valence-corrected chi connectivity index (χ0v) is 16.0. The normalized spacial score (nSPS) is 10.3. The molecule has 148 valence electrons. The van der Waals surface area contributed by atoms with Crippen LogP contribution in [0.25, 0.3) is 0 Å². The first-order chi connectivity index (χ1) is 14.8. The van der Waals surface area contributed by atoms with E-state index in [1.54, 1.807) is 49.1 Å². The predicted octanol–water partition coefficient (Wildman–Crippen LogP) is 4.34. The highest BCUT2D eigenvalue weighted by Gasteiger charge is 2.14. The summed E-state index contributed by atoms with van der Waals surface area (Å²) in [4.78, 5) is 25.1. The first-order valence-electron chi connectivity index (χ1n) is 9.36. The number of carbonyl (C=O) groups excluding carboxylic acids is 1. The van der Waals surface area contributed by atoms with Crippen LogP contribution in [0.1, 0.15) is 15.9 Å². The largest absolute Gasteiger partial charge is 0.438 e. The summed E-state index contributed by atoms with van der Waals surface area (Å²) in [5.41, 5.74) is 2.14. The quantitative estimate of drug-likeness (QED) is 0.482. The lowest BCUT2D eigenvalue weighted by molar-refractivity contribution is 0.0948. The van der Waals surface area contributed by atoms with Gasteiger partial charge in [-0.3, -0.25) is 9.78 Å². The molecule has 7 nitrogen and oxygen atoms in total. The number of amides is 1. The molecule has 3 heterocycles. The van der Waals surface area contributed by atoms with Crippen LogP contribution in [0.3, 0.4) is 0 Å². The molecule has 1 aromatic carbocycles. The number of rotatable bonds is 7. The predicted molar refractivity (Wildman–Crippen MR) is 114 cm³/mol. The maximum atomic E-state index is 12.6. The second-order valence-corrected chi connectivity index (χ2v) is 6.37. The molecule has 0 unspecified atom stereocenters. The summed E-state index contributed by atoms with van der Waals surface area (Å²) < 4.78 is 5.86. The highest BCUT2D eigenvalue weighted by atomic mass is 16.5. The van der Waals surface area contributed by atoms with Gasteiger partial charge in [0.15, 0.2) is 0 Å². The van der Waals surface area contributed by atoms with Crippen LogP contribution in [0, 0.1) is 0 Å². The molecule has 4 rings (SSSR count). The Balaban J connectivity index is 1.43. The molecule has 30 heavy (non-hydrogen) atoms.